The summed E-state index contributed by atoms with van der Waals surface area (Å²) in [6.45, 7) is 7.89. The Morgan fingerprint density at radius 2 is 1.83 bits per heavy atom. The van der Waals surface area contributed by atoms with Gasteiger partial charge in [-0.25, -0.2) is 9.97 Å². The van der Waals surface area contributed by atoms with E-state index in [1.54, 1.807) is 11.8 Å². The number of benzene rings is 1. The lowest BCUT2D eigenvalue weighted by molar-refractivity contribution is -0.00548. The average Bonchev–Trinajstić information content (AvgIpc) is 2.53. The van der Waals surface area contributed by atoms with E-state index in [-0.39, 0.29) is 12.2 Å². The molecule has 1 aromatic heterocycles. The Balaban J connectivity index is 1.72. The Labute approximate surface area is 152 Å². The molecular formula is C18H22ClN3OS. The van der Waals surface area contributed by atoms with Crippen molar-refractivity contribution in [3.8, 4) is 0 Å². The predicted molar refractivity (Wildman–Crippen MR) is 100 cm³/mol. The van der Waals surface area contributed by atoms with Gasteiger partial charge in [-0.15, -0.1) is 11.8 Å². The van der Waals surface area contributed by atoms with Crippen molar-refractivity contribution in [2.45, 2.75) is 43.6 Å². The van der Waals surface area contributed by atoms with Crippen molar-refractivity contribution in [2.75, 3.05) is 18.0 Å². The first-order valence-corrected chi connectivity index (χ1v) is 9.49. The van der Waals surface area contributed by atoms with Gasteiger partial charge in [0.15, 0.2) is 0 Å². The van der Waals surface area contributed by atoms with Crippen LogP contribution in [0, 0.1) is 6.92 Å². The van der Waals surface area contributed by atoms with E-state index in [1.807, 2.05) is 31.2 Å². The Bertz CT molecular complexity index is 685. The molecule has 24 heavy (non-hydrogen) atoms. The third-order valence-electron chi connectivity index (χ3n) is 3.82. The lowest BCUT2D eigenvalue weighted by atomic mass is 10.2. The smallest absolute Gasteiger partial charge is 0.132 e. The molecule has 128 valence electrons. The summed E-state index contributed by atoms with van der Waals surface area (Å²) in [6.07, 6.45) is 0.437. The first-order chi connectivity index (χ1) is 11.5. The maximum absolute atomic E-state index is 5.93. The number of ether oxygens (including phenoxy) is 1. The molecule has 1 fully saturated rings. The highest BCUT2D eigenvalue weighted by atomic mass is 35.5. The molecule has 0 radical (unpaired) electrons. The van der Waals surface area contributed by atoms with Gasteiger partial charge >= 0.3 is 0 Å². The minimum Gasteiger partial charge on any atom is -0.372 e. The summed E-state index contributed by atoms with van der Waals surface area (Å²) in [5.74, 6) is 2.62. The number of hydrogen-bond acceptors (Lipinski definition) is 5. The van der Waals surface area contributed by atoms with Crippen molar-refractivity contribution in [1.29, 1.82) is 0 Å². The molecule has 0 aliphatic carbocycles. The van der Waals surface area contributed by atoms with Crippen molar-refractivity contribution in [1.82, 2.24) is 9.97 Å². The number of aromatic nitrogens is 2. The molecule has 1 saturated heterocycles. The van der Waals surface area contributed by atoms with E-state index in [0.29, 0.717) is 0 Å². The molecule has 2 heterocycles. The van der Waals surface area contributed by atoms with Crippen LogP contribution in [-0.4, -0.2) is 35.3 Å². The predicted octanol–water partition coefficient (Wildman–Crippen LogP) is 4.34. The number of rotatable bonds is 4. The van der Waals surface area contributed by atoms with Crippen LogP contribution >= 0.6 is 23.4 Å². The van der Waals surface area contributed by atoms with Crippen LogP contribution in [0.25, 0.3) is 0 Å². The molecular weight excluding hydrogens is 342 g/mol. The van der Waals surface area contributed by atoms with Crippen molar-refractivity contribution in [3.05, 3.63) is 46.9 Å². The van der Waals surface area contributed by atoms with Gasteiger partial charge in [0.25, 0.3) is 0 Å². The SMILES string of the molecule is Cc1nc(CSc2ccc(Cl)cc2)cc(N2C[C@@H](C)O[C@@H](C)C2)n1. The van der Waals surface area contributed by atoms with Crippen LogP contribution in [0.3, 0.4) is 0 Å². The van der Waals surface area contributed by atoms with E-state index in [4.69, 9.17) is 16.3 Å². The van der Waals surface area contributed by atoms with E-state index in [1.165, 1.54) is 4.90 Å². The summed E-state index contributed by atoms with van der Waals surface area (Å²) >= 11 is 7.69. The van der Waals surface area contributed by atoms with Gasteiger partial charge < -0.3 is 9.64 Å². The van der Waals surface area contributed by atoms with Crippen LogP contribution in [0.2, 0.25) is 5.02 Å². The van der Waals surface area contributed by atoms with Gasteiger partial charge in [-0.1, -0.05) is 11.6 Å². The van der Waals surface area contributed by atoms with Gasteiger partial charge in [0.05, 0.1) is 17.9 Å². The van der Waals surface area contributed by atoms with Gasteiger partial charge in [-0.3, -0.25) is 0 Å². The summed E-state index contributed by atoms with van der Waals surface area (Å²) in [5.41, 5.74) is 1.05. The third kappa shape index (κ3) is 4.62. The molecule has 2 atom stereocenters. The first kappa shape index (κ1) is 17.5. The van der Waals surface area contributed by atoms with Gasteiger partial charge in [-0.2, -0.15) is 0 Å². The van der Waals surface area contributed by atoms with Crippen molar-refractivity contribution >= 4 is 29.2 Å². The summed E-state index contributed by atoms with van der Waals surface area (Å²) in [6, 6.07) is 10.00. The second-order valence-corrected chi connectivity index (χ2v) is 7.65. The number of morpholine rings is 1. The summed E-state index contributed by atoms with van der Waals surface area (Å²) in [7, 11) is 0. The van der Waals surface area contributed by atoms with E-state index in [9.17, 15) is 0 Å². The maximum Gasteiger partial charge on any atom is 0.132 e. The quantitative estimate of drug-likeness (QED) is 0.755. The fraction of sp³-hybridized carbons (Fsp3) is 0.444. The lowest BCUT2D eigenvalue weighted by Crippen LogP contribution is -2.46. The molecule has 6 heteroatoms. The normalized spacial score (nSPS) is 21.1. The Morgan fingerprint density at radius 1 is 1.17 bits per heavy atom. The fourth-order valence-electron chi connectivity index (χ4n) is 2.90. The summed E-state index contributed by atoms with van der Waals surface area (Å²) < 4.78 is 5.81. The molecule has 1 aromatic carbocycles. The van der Waals surface area contributed by atoms with Crippen LogP contribution in [0.4, 0.5) is 5.82 Å². The number of anilines is 1. The van der Waals surface area contributed by atoms with E-state index >= 15 is 0 Å². The van der Waals surface area contributed by atoms with Gasteiger partial charge in [0, 0.05) is 34.8 Å². The standard InChI is InChI=1S/C18H22ClN3OS/c1-12-9-22(10-13(2)23-12)18-8-16(20-14(3)21-18)11-24-17-6-4-15(19)5-7-17/h4-8,12-13H,9-11H2,1-3H3/t12-,13+. The molecule has 2 aromatic rings. The minimum absolute atomic E-state index is 0.218. The van der Waals surface area contributed by atoms with Crippen LogP contribution in [0.5, 0.6) is 0 Å². The Morgan fingerprint density at radius 3 is 2.50 bits per heavy atom. The molecule has 4 nitrogen and oxygen atoms in total. The number of thioether (sulfide) groups is 1. The summed E-state index contributed by atoms with van der Waals surface area (Å²) in [4.78, 5) is 12.7. The highest BCUT2D eigenvalue weighted by Crippen LogP contribution is 2.26. The van der Waals surface area contributed by atoms with Gasteiger partial charge in [0.2, 0.25) is 0 Å². The molecule has 1 aliphatic heterocycles. The maximum atomic E-state index is 5.93. The second kappa shape index (κ2) is 7.72. The topological polar surface area (TPSA) is 38.2 Å². The van der Waals surface area contributed by atoms with Crippen molar-refractivity contribution < 1.29 is 4.74 Å². The largest absolute Gasteiger partial charge is 0.372 e. The van der Waals surface area contributed by atoms with Gasteiger partial charge in [0.1, 0.15) is 11.6 Å². The van der Waals surface area contributed by atoms with Crippen LogP contribution in [0.15, 0.2) is 35.2 Å². The second-order valence-electron chi connectivity index (χ2n) is 6.17. The average molecular weight is 364 g/mol. The number of hydrogen-bond donors (Lipinski definition) is 0. The minimum atomic E-state index is 0.218. The Hall–Kier alpha value is -1.30. The first-order valence-electron chi connectivity index (χ1n) is 8.13. The molecule has 0 unspecified atom stereocenters. The van der Waals surface area contributed by atoms with Crippen molar-refractivity contribution in [3.63, 3.8) is 0 Å². The lowest BCUT2D eigenvalue weighted by Gasteiger charge is -2.36. The highest BCUT2D eigenvalue weighted by Gasteiger charge is 2.23. The molecule has 0 bridgehead atoms. The van der Waals surface area contributed by atoms with Crippen LogP contribution in [-0.2, 0) is 10.5 Å². The van der Waals surface area contributed by atoms with Crippen LogP contribution in [0.1, 0.15) is 25.4 Å². The zero-order valence-corrected chi connectivity index (χ0v) is 15.8. The molecule has 0 amide bonds. The number of nitrogens with zero attached hydrogens (tertiary/aromatic N) is 3. The molecule has 0 spiro atoms. The molecule has 0 saturated carbocycles. The fourth-order valence-corrected chi connectivity index (χ4v) is 3.82. The molecule has 3 rings (SSSR count). The highest BCUT2D eigenvalue weighted by molar-refractivity contribution is 7.98. The zero-order chi connectivity index (χ0) is 17.1. The van der Waals surface area contributed by atoms with E-state index < -0.39 is 0 Å². The Kier molecular flexibility index (Phi) is 5.64. The zero-order valence-electron chi connectivity index (χ0n) is 14.2. The van der Waals surface area contributed by atoms with Gasteiger partial charge in [-0.05, 0) is 45.0 Å². The molecule has 0 N–H and O–H groups in total. The number of aryl methyl sites for hydroxylation is 1. The number of halogens is 1. The third-order valence-corrected chi connectivity index (χ3v) is 5.12. The van der Waals surface area contributed by atoms with E-state index in [2.05, 4.69) is 34.8 Å². The monoisotopic (exact) mass is 363 g/mol. The van der Waals surface area contributed by atoms with Crippen LogP contribution < -0.4 is 4.90 Å². The summed E-state index contributed by atoms with van der Waals surface area (Å²) in [5, 5.41) is 0.759. The molecule has 1 aliphatic rings. The van der Waals surface area contributed by atoms with E-state index in [0.717, 1.165) is 41.2 Å². The van der Waals surface area contributed by atoms with Crippen molar-refractivity contribution in [2.24, 2.45) is 0 Å².